The molecule has 0 saturated heterocycles. The van der Waals surface area contributed by atoms with Crippen LogP contribution >= 0.6 is 0 Å². The zero-order valence-electron chi connectivity index (χ0n) is 12.1. The molecule has 102 valence electrons. The van der Waals surface area contributed by atoms with Crippen LogP contribution in [0.2, 0.25) is 0 Å². The molecule has 1 aromatic rings. The molecule has 0 heterocycles. The van der Waals surface area contributed by atoms with E-state index in [9.17, 15) is 10.1 Å². The van der Waals surface area contributed by atoms with Crippen molar-refractivity contribution < 1.29 is 9.53 Å². The summed E-state index contributed by atoms with van der Waals surface area (Å²) in [6.45, 7) is 6.11. The summed E-state index contributed by atoms with van der Waals surface area (Å²) in [5, 5.41) is 9.30. The van der Waals surface area contributed by atoms with Gasteiger partial charge in [0, 0.05) is 12.0 Å². The molecule has 0 aliphatic carbocycles. The van der Waals surface area contributed by atoms with Gasteiger partial charge in [-0.15, -0.1) is 0 Å². The Morgan fingerprint density at radius 2 is 2.11 bits per heavy atom. The second-order valence-corrected chi connectivity index (χ2v) is 4.93. The normalized spacial score (nSPS) is 12.0. The third-order valence-corrected chi connectivity index (χ3v) is 3.18. The van der Waals surface area contributed by atoms with Crippen LogP contribution < -0.4 is 4.74 Å². The molecule has 1 unspecified atom stereocenters. The Kier molecular flexibility index (Phi) is 5.57. The number of ketones is 1. The lowest BCUT2D eigenvalue weighted by Gasteiger charge is -2.15. The minimum absolute atomic E-state index is 0.0378. The van der Waals surface area contributed by atoms with Gasteiger partial charge in [-0.25, -0.2) is 0 Å². The zero-order valence-corrected chi connectivity index (χ0v) is 12.1. The first kappa shape index (κ1) is 15.2. The number of hydrogen-bond acceptors (Lipinski definition) is 3. The highest BCUT2D eigenvalue weighted by Gasteiger charge is 2.23. The van der Waals surface area contributed by atoms with Crippen molar-refractivity contribution in [1.82, 2.24) is 0 Å². The first-order valence-corrected chi connectivity index (χ1v) is 6.65. The second kappa shape index (κ2) is 6.94. The molecular formula is C16H21NO2. The molecule has 19 heavy (non-hydrogen) atoms. The van der Waals surface area contributed by atoms with Crippen molar-refractivity contribution in [3.63, 3.8) is 0 Å². The fourth-order valence-corrected chi connectivity index (χ4v) is 2.04. The van der Waals surface area contributed by atoms with E-state index in [1.807, 2.05) is 25.1 Å². The van der Waals surface area contributed by atoms with E-state index in [-0.39, 0.29) is 5.78 Å². The maximum atomic E-state index is 12.0. The van der Waals surface area contributed by atoms with Crippen LogP contribution in [0.3, 0.4) is 0 Å². The quantitative estimate of drug-likeness (QED) is 0.780. The SMILES string of the molecule is CCCC(=O)C(C#N)c1cc(C(C)C)ccc1OC. The summed E-state index contributed by atoms with van der Waals surface area (Å²) in [4.78, 5) is 12.0. The molecule has 0 aromatic heterocycles. The molecule has 1 aromatic carbocycles. The van der Waals surface area contributed by atoms with Crippen molar-refractivity contribution in [2.24, 2.45) is 0 Å². The molecule has 0 spiro atoms. The molecule has 0 amide bonds. The summed E-state index contributed by atoms with van der Waals surface area (Å²) in [6.07, 6.45) is 1.18. The Morgan fingerprint density at radius 3 is 2.58 bits per heavy atom. The van der Waals surface area contributed by atoms with Crippen LogP contribution in [-0.2, 0) is 4.79 Å². The van der Waals surface area contributed by atoms with Crippen molar-refractivity contribution >= 4 is 5.78 Å². The molecule has 0 N–H and O–H groups in total. The van der Waals surface area contributed by atoms with Crippen LogP contribution in [0, 0.1) is 11.3 Å². The number of nitriles is 1. The van der Waals surface area contributed by atoms with Gasteiger partial charge in [-0.05, 0) is 24.0 Å². The maximum absolute atomic E-state index is 12.0. The van der Waals surface area contributed by atoms with Gasteiger partial charge in [-0.1, -0.05) is 32.9 Å². The van der Waals surface area contributed by atoms with Crippen molar-refractivity contribution in [2.75, 3.05) is 7.11 Å². The van der Waals surface area contributed by atoms with E-state index < -0.39 is 5.92 Å². The number of rotatable bonds is 6. The molecule has 0 saturated carbocycles. The van der Waals surface area contributed by atoms with E-state index in [0.29, 0.717) is 23.7 Å². The van der Waals surface area contributed by atoms with Crippen molar-refractivity contribution in [3.8, 4) is 11.8 Å². The van der Waals surface area contributed by atoms with Crippen LogP contribution in [0.4, 0.5) is 0 Å². The third-order valence-electron chi connectivity index (χ3n) is 3.18. The molecule has 3 heteroatoms. The Morgan fingerprint density at radius 1 is 1.42 bits per heavy atom. The van der Waals surface area contributed by atoms with Gasteiger partial charge in [-0.2, -0.15) is 5.26 Å². The predicted octanol–water partition coefficient (Wildman–Crippen LogP) is 3.79. The lowest BCUT2D eigenvalue weighted by molar-refractivity contribution is -0.119. The molecule has 0 radical (unpaired) electrons. The summed E-state index contributed by atoms with van der Waals surface area (Å²) >= 11 is 0. The third kappa shape index (κ3) is 3.57. The molecule has 1 atom stereocenters. The average molecular weight is 259 g/mol. The van der Waals surface area contributed by atoms with Crippen molar-refractivity contribution in [3.05, 3.63) is 29.3 Å². The number of ether oxygens (including phenoxy) is 1. The predicted molar refractivity (Wildman–Crippen MR) is 75.4 cm³/mol. The zero-order chi connectivity index (χ0) is 14.4. The Balaban J connectivity index is 3.24. The van der Waals surface area contributed by atoms with Crippen LogP contribution in [0.5, 0.6) is 5.75 Å². The van der Waals surface area contributed by atoms with Crippen molar-refractivity contribution in [2.45, 2.75) is 45.4 Å². The smallest absolute Gasteiger partial charge is 0.154 e. The van der Waals surface area contributed by atoms with E-state index in [0.717, 1.165) is 12.0 Å². The summed E-state index contributed by atoms with van der Waals surface area (Å²) in [6, 6.07) is 7.86. The molecule has 0 bridgehead atoms. The summed E-state index contributed by atoms with van der Waals surface area (Å²) in [7, 11) is 1.56. The highest BCUT2D eigenvalue weighted by molar-refractivity contribution is 5.89. The first-order chi connectivity index (χ1) is 9.04. The van der Waals surface area contributed by atoms with E-state index >= 15 is 0 Å². The van der Waals surface area contributed by atoms with Gasteiger partial charge < -0.3 is 4.74 Å². The van der Waals surface area contributed by atoms with Gasteiger partial charge >= 0.3 is 0 Å². The van der Waals surface area contributed by atoms with Crippen LogP contribution in [0.1, 0.15) is 56.6 Å². The number of carbonyl (C=O) groups excluding carboxylic acids is 1. The van der Waals surface area contributed by atoms with E-state index in [4.69, 9.17) is 4.74 Å². The van der Waals surface area contributed by atoms with Gasteiger partial charge in [0.25, 0.3) is 0 Å². The summed E-state index contributed by atoms with van der Waals surface area (Å²) in [5.74, 6) is 0.198. The number of Topliss-reactive ketones (excluding diaryl/α,β-unsaturated/α-hetero) is 1. The number of benzene rings is 1. The average Bonchev–Trinajstić information content (AvgIpc) is 2.39. The first-order valence-electron chi connectivity index (χ1n) is 6.65. The topological polar surface area (TPSA) is 50.1 Å². The lowest BCUT2D eigenvalue weighted by Crippen LogP contribution is -2.12. The monoisotopic (exact) mass is 259 g/mol. The second-order valence-electron chi connectivity index (χ2n) is 4.93. The molecule has 3 nitrogen and oxygen atoms in total. The fraction of sp³-hybridized carbons (Fsp3) is 0.500. The number of carbonyl (C=O) groups is 1. The molecule has 1 rings (SSSR count). The highest BCUT2D eigenvalue weighted by Crippen LogP contribution is 2.31. The lowest BCUT2D eigenvalue weighted by atomic mass is 9.89. The van der Waals surface area contributed by atoms with Crippen LogP contribution in [0.25, 0.3) is 0 Å². The van der Waals surface area contributed by atoms with Gasteiger partial charge in [0.05, 0.1) is 13.2 Å². The molecular weight excluding hydrogens is 238 g/mol. The van der Waals surface area contributed by atoms with Gasteiger partial charge in [-0.3, -0.25) is 4.79 Å². The van der Waals surface area contributed by atoms with Gasteiger partial charge in [0.15, 0.2) is 5.78 Å². The number of nitrogens with zero attached hydrogens (tertiary/aromatic N) is 1. The Hall–Kier alpha value is -1.82. The summed E-state index contributed by atoms with van der Waals surface area (Å²) in [5.41, 5.74) is 1.80. The maximum Gasteiger partial charge on any atom is 0.154 e. The minimum atomic E-state index is -0.728. The van der Waals surface area contributed by atoms with Crippen LogP contribution in [0.15, 0.2) is 18.2 Å². The molecule has 0 aliphatic rings. The summed E-state index contributed by atoms with van der Waals surface area (Å²) < 4.78 is 5.29. The highest BCUT2D eigenvalue weighted by atomic mass is 16.5. The van der Waals surface area contributed by atoms with Crippen molar-refractivity contribution in [1.29, 1.82) is 5.26 Å². The molecule has 0 aliphatic heterocycles. The van der Waals surface area contributed by atoms with Crippen LogP contribution in [-0.4, -0.2) is 12.9 Å². The number of methoxy groups -OCH3 is 1. The van der Waals surface area contributed by atoms with E-state index in [1.54, 1.807) is 7.11 Å². The fourth-order valence-electron chi connectivity index (χ4n) is 2.04. The minimum Gasteiger partial charge on any atom is -0.496 e. The van der Waals surface area contributed by atoms with Gasteiger partial charge in [0.1, 0.15) is 11.7 Å². The van der Waals surface area contributed by atoms with Gasteiger partial charge in [0.2, 0.25) is 0 Å². The Labute approximate surface area is 115 Å². The van der Waals surface area contributed by atoms with E-state index in [1.165, 1.54) is 0 Å². The van der Waals surface area contributed by atoms with E-state index in [2.05, 4.69) is 19.9 Å². The number of hydrogen-bond donors (Lipinski definition) is 0. The largest absolute Gasteiger partial charge is 0.496 e. The molecule has 0 fully saturated rings. The Bertz CT molecular complexity index is 486. The standard InChI is InChI=1S/C16H21NO2/c1-5-6-15(18)14(10-17)13-9-12(11(2)3)7-8-16(13)19-4/h7-9,11,14H,5-6H2,1-4H3.